The summed E-state index contributed by atoms with van der Waals surface area (Å²) in [6.07, 6.45) is -3.29. The van der Waals surface area contributed by atoms with E-state index in [4.69, 9.17) is 16.1 Å². The van der Waals surface area contributed by atoms with Crippen LogP contribution in [-0.4, -0.2) is 63.4 Å². The molecule has 2 amide bonds. The first-order valence-electron chi connectivity index (χ1n) is 12.2. The molecular formula is C26H26ClF3N4O3. The fourth-order valence-electron chi connectivity index (χ4n) is 5.03. The molecule has 0 bridgehead atoms. The highest BCUT2D eigenvalue weighted by Crippen LogP contribution is 2.38. The van der Waals surface area contributed by atoms with Crippen molar-refractivity contribution >= 4 is 17.6 Å². The molecular weight excluding hydrogens is 509 g/mol. The number of rotatable bonds is 3. The number of aromatic nitrogens is 2. The number of piperidine rings is 2. The van der Waals surface area contributed by atoms with E-state index in [1.165, 1.54) is 12.1 Å². The zero-order chi connectivity index (χ0) is 26.2. The monoisotopic (exact) mass is 534 g/mol. The van der Waals surface area contributed by atoms with E-state index in [1.54, 1.807) is 28.0 Å². The number of amides is 2. The number of nitrogens with zero attached hydrogens (tertiary/aromatic N) is 4. The van der Waals surface area contributed by atoms with Gasteiger partial charge in [-0.25, -0.2) is 4.79 Å². The average Bonchev–Trinajstić information content (AvgIpc) is 3.38. The van der Waals surface area contributed by atoms with Crippen molar-refractivity contribution in [3.05, 3.63) is 70.6 Å². The van der Waals surface area contributed by atoms with Gasteiger partial charge in [-0.15, -0.1) is 0 Å². The van der Waals surface area contributed by atoms with Gasteiger partial charge in [0.1, 0.15) is 0 Å². The maximum atomic E-state index is 13.4. The van der Waals surface area contributed by atoms with Crippen LogP contribution in [0.4, 0.5) is 18.0 Å². The molecule has 0 saturated carbocycles. The van der Waals surface area contributed by atoms with E-state index >= 15 is 0 Å². The molecule has 2 unspecified atom stereocenters. The summed E-state index contributed by atoms with van der Waals surface area (Å²) in [6.45, 7) is 1.58. The van der Waals surface area contributed by atoms with Gasteiger partial charge in [0.25, 0.3) is 0 Å². The molecule has 2 fully saturated rings. The maximum absolute atomic E-state index is 13.4. The van der Waals surface area contributed by atoms with E-state index in [2.05, 4.69) is 10.1 Å². The van der Waals surface area contributed by atoms with Crippen molar-refractivity contribution in [2.45, 2.75) is 43.4 Å². The van der Waals surface area contributed by atoms with Gasteiger partial charge in [0.05, 0.1) is 22.6 Å². The quantitative estimate of drug-likeness (QED) is 0.476. The zero-order valence-electron chi connectivity index (χ0n) is 19.9. The number of carbonyl (C=O) groups excluding carboxylic acids is 1. The molecule has 37 heavy (non-hydrogen) atoms. The van der Waals surface area contributed by atoms with Crippen LogP contribution in [0.2, 0.25) is 5.02 Å². The second-order valence-electron chi connectivity index (χ2n) is 9.59. The van der Waals surface area contributed by atoms with Crippen molar-refractivity contribution in [3.63, 3.8) is 0 Å². The van der Waals surface area contributed by atoms with Crippen molar-refractivity contribution in [2.24, 2.45) is 0 Å². The largest absolute Gasteiger partial charge is 0.416 e. The SMILES string of the molecule is O=C(N1CCC(O)CC1)N1CC(c2ccc(C(F)(F)F)cc2)CC(c2nc(-c3ccccc3Cl)no2)C1. The van der Waals surface area contributed by atoms with Crippen LogP contribution >= 0.6 is 11.6 Å². The van der Waals surface area contributed by atoms with Gasteiger partial charge in [-0.2, -0.15) is 18.2 Å². The molecule has 1 N–H and O–H groups in total. The minimum atomic E-state index is -4.42. The predicted octanol–water partition coefficient (Wildman–Crippen LogP) is 5.56. The third kappa shape index (κ3) is 5.60. The number of halogens is 4. The number of benzene rings is 2. The van der Waals surface area contributed by atoms with Gasteiger partial charge in [-0.05, 0) is 49.1 Å². The van der Waals surface area contributed by atoms with Gasteiger partial charge in [0, 0.05) is 37.7 Å². The Morgan fingerprint density at radius 3 is 2.35 bits per heavy atom. The molecule has 1 aromatic heterocycles. The van der Waals surface area contributed by atoms with Gasteiger partial charge < -0.3 is 19.4 Å². The Bertz CT molecular complexity index is 1240. The smallest absolute Gasteiger partial charge is 0.393 e. The minimum Gasteiger partial charge on any atom is -0.393 e. The minimum absolute atomic E-state index is 0.167. The summed E-state index contributed by atoms with van der Waals surface area (Å²) in [5.74, 6) is 0.138. The lowest BCUT2D eigenvalue weighted by atomic mass is 9.84. The first-order chi connectivity index (χ1) is 17.7. The molecule has 11 heteroatoms. The number of aliphatic hydroxyl groups is 1. The van der Waals surface area contributed by atoms with E-state index in [9.17, 15) is 23.1 Å². The van der Waals surface area contributed by atoms with Crippen molar-refractivity contribution < 1.29 is 27.6 Å². The number of alkyl halides is 3. The van der Waals surface area contributed by atoms with E-state index in [-0.39, 0.29) is 17.9 Å². The molecule has 7 nitrogen and oxygen atoms in total. The fourth-order valence-corrected chi connectivity index (χ4v) is 5.25. The van der Waals surface area contributed by atoms with Gasteiger partial charge in [-0.1, -0.05) is 41.0 Å². The molecule has 3 aromatic rings. The first kappa shape index (κ1) is 25.5. The van der Waals surface area contributed by atoms with Crippen LogP contribution in [0.15, 0.2) is 53.1 Å². The molecule has 2 aliphatic heterocycles. The van der Waals surface area contributed by atoms with E-state index < -0.39 is 17.8 Å². The van der Waals surface area contributed by atoms with Crippen molar-refractivity contribution in [2.75, 3.05) is 26.2 Å². The van der Waals surface area contributed by atoms with Crippen LogP contribution in [0, 0.1) is 0 Å². The second-order valence-corrected chi connectivity index (χ2v) is 10.00. The van der Waals surface area contributed by atoms with Gasteiger partial charge in [0.15, 0.2) is 0 Å². The molecule has 5 rings (SSSR count). The molecule has 196 valence electrons. The second kappa shape index (κ2) is 10.3. The Hall–Kier alpha value is -3.11. The summed E-state index contributed by atoms with van der Waals surface area (Å²) in [7, 11) is 0. The number of aliphatic hydroxyl groups excluding tert-OH is 1. The van der Waals surface area contributed by atoms with Crippen molar-refractivity contribution in [3.8, 4) is 11.4 Å². The molecule has 2 aromatic carbocycles. The topological polar surface area (TPSA) is 82.7 Å². The lowest BCUT2D eigenvalue weighted by Crippen LogP contribution is -2.51. The number of hydrogen-bond donors (Lipinski definition) is 1. The van der Waals surface area contributed by atoms with Crippen LogP contribution in [0.25, 0.3) is 11.4 Å². The molecule has 0 aliphatic carbocycles. The van der Waals surface area contributed by atoms with Crippen LogP contribution < -0.4 is 0 Å². The Kier molecular flexibility index (Phi) is 7.13. The first-order valence-corrected chi connectivity index (χ1v) is 12.5. The third-order valence-electron chi connectivity index (χ3n) is 7.07. The maximum Gasteiger partial charge on any atom is 0.416 e. The summed E-state index contributed by atoms with van der Waals surface area (Å²) in [6, 6.07) is 12.0. The van der Waals surface area contributed by atoms with E-state index in [1.807, 2.05) is 6.07 Å². The normalized spacial score (nSPS) is 21.3. The molecule has 0 spiro atoms. The fraction of sp³-hybridized carbons (Fsp3) is 0.423. The van der Waals surface area contributed by atoms with Gasteiger partial charge in [-0.3, -0.25) is 0 Å². The summed E-state index contributed by atoms with van der Waals surface area (Å²) in [4.78, 5) is 21.4. The molecule has 2 aliphatic rings. The van der Waals surface area contributed by atoms with E-state index in [0.717, 1.165) is 12.1 Å². The van der Waals surface area contributed by atoms with Crippen molar-refractivity contribution in [1.82, 2.24) is 19.9 Å². The summed E-state index contributed by atoms with van der Waals surface area (Å²) >= 11 is 6.28. The number of carbonyl (C=O) groups is 1. The van der Waals surface area contributed by atoms with Crippen LogP contribution in [-0.2, 0) is 6.18 Å². The highest BCUT2D eigenvalue weighted by atomic mass is 35.5. The van der Waals surface area contributed by atoms with Crippen molar-refractivity contribution in [1.29, 1.82) is 0 Å². The number of hydrogen-bond acceptors (Lipinski definition) is 5. The predicted molar refractivity (Wildman–Crippen MR) is 130 cm³/mol. The standard InChI is InChI=1S/C26H26ClF3N4O3/c27-22-4-2-1-3-21(22)23-31-24(37-32-23)18-13-17(16-5-7-19(8-6-16)26(28,29)30)14-34(15-18)25(36)33-11-9-20(35)10-12-33/h1-8,17-18,20,35H,9-15H2. The Morgan fingerprint density at radius 1 is 1.00 bits per heavy atom. The number of urea groups is 1. The summed E-state index contributed by atoms with van der Waals surface area (Å²) in [5, 5.41) is 14.4. The van der Waals surface area contributed by atoms with Crippen LogP contribution in [0.5, 0.6) is 0 Å². The molecule has 3 heterocycles. The van der Waals surface area contributed by atoms with Crippen LogP contribution in [0.3, 0.4) is 0 Å². The zero-order valence-corrected chi connectivity index (χ0v) is 20.6. The average molecular weight is 535 g/mol. The summed E-state index contributed by atoms with van der Waals surface area (Å²) < 4.78 is 44.9. The molecule has 2 atom stereocenters. The Labute approximate surface area is 216 Å². The highest BCUT2D eigenvalue weighted by Gasteiger charge is 2.37. The lowest BCUT2D eigenvalue weighted by molar-refractivity contribution is -0.137. The van der Waals surface area contributed by atoms with Gasteiger partial charge >= 0.3 is 12.2 Å². The van der Waals surface area contributed by atoms with Crippen LogP contribution in [0.1, 0.15) is 48.1 Å². The molecule has 0 radical (unpaired) electrons. The Balaban J connectivity index is 1.42. The van der Waals surface area contributed by atoms with Gasteiger partial charge in [0.2, 0.25) is 11.7 Å². The lowest BCUT2D eigenvalue weighted by Gasteiger charge is -2.40. The molecule has 2 saturated heterocycles. The number of likely N-dealkylation sites (tertiary alicyclic amines) is 2. The summed E-state index contributed by atoms with van der Waals surface area (Å²) in [5.41, 5.74) is 0.606. The van der Waals surface area contributed by atoms with E-state index in [0.29, 0.717) is 73.3 Å². The Morgan fingerprint density at radius 2 is 1.68 bits per heavy atom. The third-order valence-corrected chi connectivity index (χ3v) is 7.40. The highest BCUT2D eigenvalue weighted by molar-refractivity contribution is 6.33.